The summed E-state index contributed by atoms with van der Waals surface area (Å²) in [6.07, 6.45) is -10.2. The lowest BCUT2D eigenvalue weighted by Crippen LogP contribution is -2.15. The Balaban J connectivity index is 1.89. The smallest absolute Gasteiger partial charge is 0.322 e. The molecule has 3 aromatic rings. The number of benzene rings is 2. The third-order valence-corrected chi connectivity index (χ3v) is 4.07. The highest BCUT2D eigenvalue weighted by Crippen LogP contribution is 2.36. The first-order chi connectivity index (χ1) is 13.9. The van der Waals surface area contributed by atoms with Crippen LogP contribution in [-0.4, -0.2) is 15.7 Å². The number of hydrogen-bond donors (Lipinski definition) is 1. The van der Waals surface area contributed by atoms with Crippen molar-refractivity contribution in [3.8, 4) is 5.69 Å². The summed E-state index contributed by atoms with van der Waals surface area (Å²) in [5, 5.41) is 5.39. The predicted octanol–water partition coefficient (Wildman–Crippen LogP) is 5.95. The molecule has 0 saturated heterocycles. The maximum atomic E-state index is 13.8. The molecule has 12 heteroatoms. The Labute approximate surface area is 168 Å². The third-order valence-electron chi connectivity index (χ3n) is 3.84. The van der Waals surface area contributed by atoms with Crippen molar-refractivity contribution >= 4 is 23.2 Å². The van der Waals surface area contributed by atoms with Gasteiger partial charge in [-0.3, -0.25) is 4.79 Å². The Morgan fingerprint density at radius 3 is 2.10 bits per heavy atom. The van der Waals surface area contributed by atoms with Crippen molar-refractivity contribution < 1.29 is 35.5 Å². The molecule has 2 aromatic carbocycles. The van der Waals surface area contributed by atoms with E-state index in [1.165, 1.54) is 6.07 Å². The van der Waals surface area contributed by atoms with Gasteiger partial charge in [-0.05, 0) is 42.5 Å². The number of hydrogen-bond acceptors (Lipinski definition) is 2. The molecule has 1 amide bonds. The summed E-state index contributed by atoms with van der Waals surface area (Å²) in [5.41, 5.74) is -3.91. The SMILES string of the molecule is O=C(Nc1ccc(-n2nc(C(F)(F)F)cc2C(F)(F)F)cc1)c1ccc(Cl)cc1F. The normalized spacial score (nSPS) is 12.1. The fourth-order valence-corrected chi connectivity index (χ4v) is 2.64. The first-order valence-electron chi connectivity index (χ1n) is 7.97. The number of alkyl halides is 6. The van der Waals surface area contributed by atoms with Gasteiger partial charge in [-0.2, -0.15) is 31.4 Å². The van der Waals surface area contributed by atoms with Crippen LogP contribution in [0, 0.1) is 5.82 Å². The van der Waals surface area contributed by atoms with E-state index in [1.807, 2.05) is 0 Å². The second-order valence-corrected chi connectivity index (χ2v) is 6.38. The first kappa shape index (κ1) is 21.6. The molecule has 1 aromatic heterocycles. The number of aromatic nitrogens is 2. The van der Waals surface area contributed by atoms with Gasteiger partial charge in [0.2, 0.25) is 0 Å². The molecule has 0 radical (unpaired) electrons. The molecular weight excluding hydrogens is 443 g/mol. The molecule has 0 saturated carbocycles. The number of anilines is 1. The molecule has 3 rings (SSSR count). The summed E-state index contributed by atoms with van der Waals surface area (Å²) in [6.45, 7) is 0. The van der Waals surface area contributed by atoms with Crippen molar-refractivity contribution in [2.45, 2.75) is 12.4 Å². The van der Waals surface area contributed by atoms with E-state index in [0.717, 1.165) is 36.4 Å². The van der Waals surface area contributed by atoms with E-state index in [4.69, 9.17) is 11.6 Å². The van der Waals surface area contributed by atoms with E-state index >= 15 is 0 Å². The molecule has 0 unspecified atom stereocenters. The van der Waals surface area contributed by atoms with Crippen LogP contribution in [0.3, 0.4) is 0 Å². The van der Waals surface area contributed by atoms with E-state index in [2.05, 4.69) is 10.4 Å². The van der Waals surface area contributed by atoms with Crippen molar-refractivity contribution in [1.29, 1.82) is 0 Å². The maximum Gasteiger partial charge on any atom is 0.435 e. The Kier molecular flexibility index (Phi) is 5.50. The van der Waals surface area contributed by atoms with E-state index < -0.39 is 35.5 Å². The average molecular weight is 452 g/mol. The predicted molar refractivity (Wildman–Crippen MR) is 92.9 cm³/mol. The highest BCUT2D eigenvalue weighted by atomic mass is 35.5. The molecule has 0 aliphatic heterocycles. The average Bonchev–Trinajstić information content (AvgIpc) is 3.08. The number of halogens is 8. The van der Waals surface area contributed by atoms with E-state index in [1.54, 1.807) is 0 Å². The zero-order valence-electron chi connectivity index (χ0n) is 14.4. The maximum absolute atomic E-state index is 13.8. The quantitative estimate of drug-likeness (QED) is 0.500. The van der Waals surface area contributed by atoms with Gasteiger partial charge in [0.25, 0.3) is 5.91 Å². The lowest BCUT2D eigenvalue weighted by Gasteiger charge is -2.11. The number of nitrogens with one attached hydrogen (secondary N) is 1. The van der Waals surface area contributed by atoms with Crippen LogP contribution in [0.15, 0.2) is 48.5 Å². The van der Waals surface area contributed by atoms with Crippen LogP contribution in [0.1, 0.15) is 21.7 Å². The number of amides is 1. The van der Waals surface area contributed by atoms with Gasteiger partial charge in [0, 0.05) is 16.8 Å². The van der Waals surface area contributed by atoms with Crippen LogP contribution in [0.5, 0.6) is 0 Å². The molecule has 0 bridgehead atoms. The molecule has 0 fully saturated rings. The fourth-order valence-electron chi connectivity index (χ4n) is 2.48. The van der Waals surface area contributed by atoms with Crippen LogP contribution < -0.4 is 5.32 Å². The zero-order chi connectivity index (χ0) is 22.3. The number of carbonyl (C=O) groups is 1. The Hall–Kier alpha value is -3.08. The first-order valence-corrected chi connectivity index (χ1v) is 8.35. The van der Waals surface area contributed by atoms with Crippen LogP contribution >= 0.6 is 11.6 Å². The number of nitrogens with zero attached hydrogens (tertiary/aromatic N) is 2. The molecule has 158 valence electrons. The van der Waals surface area contributed by atoms with Crippen LogP contribution in [0.4, 0.5) is 36.4 Å². The zero-order valence-corrected chi connectivity index (χ0v) is 15.2. The second-order valence-electron chi connectivity index (χ2n) is 5.95. The summed E-state index contributed by atoms with van der Waals surface area (Å²) < 4.78 is 91.6. The number of carbonyl (C=O) groups excluding carboxylic acids is 1. The van der Waals surface area contributed by atoms with Gasteiger partial charge in [-0.25, -0.2) is 9.07 Å². The van der Waals surface area contributed by atoms with Crippen molar-refractivity contribution in [3.05, 3.63) is 76.3 Å². The highest BCUT2D eigenvalue weighted by Gasteiger charge is 2.42. The lowest BCUT2D eigenvalue weighted by atomic mass is 10.2. The summed E-state index contributed by atoms with van der Waals surface area (Å²) in [7, 11) is 0. The van der Waals surface area contributed by atoms with Crippen LogP contribution in [0.2, 0.25) is 5.02 Å². The summed E-state index contributed by atoms with van der Waals surface area (Å²) in [6, 6.07) is 7.57. The molecule has 1 heterocycles. The van der Waals surface area contributed by atoms with E-state index in [0.29, 0.717) is 0 Å². The molecule has 0 aliphatic rings. The largest absolute Gasteiger partial charge is 0.435 e. The van der Waals surface area contributed by atoms with Crippen LogP contribution in [-0.2, 0) is 12.4 Å². The van der Waals surface area contributed by atoms with Gasteiger partial charge in [0.05, 0.1) is 11.3 Å². The third kappa shape index (κ3) is 4.56. The summed E-state index contributed by atoms with van der Waals surface area (Å²) in [5.74, 6) is -1.74. The van der Waals surface area contributed by atoms with Gasteiger partial charge in [0.15, 0.2) is 5.69 Å². The van der Waals surface area contributed by atoms with Crippen LogP contribution in [0.25, 0.3) is 5.69 Å². The fraction of sp³-hybridized carbons (Fsp3) is 0.111. The van der Waals surface area contributed by atoms with Crippen molar-refractivity contribution in [2.24, 2.45) is 0 Å². The van der Waals surface area contributed by atoms with Crippen molar-refractivity contribution in [2.75, 3.05) is 5.32 Å². The highest BCUT2D eigenvalue weighted by molar-refractivity contribution is 6.30. The standard InChI is InChI=1S/C18H9ClF7N3O/c19-9-1-6-12(13(20)7-9)16(30)27-10-2-4-11(5-3-10)29-15(18(24,25)26)8-14(28-29)17(21,22)23/h1-8H,(H,27,30). The van der Waals surface area contributed by atoms with Gasteiger partial charge in [-0.1, -0.05) is 11.6 Å². The van der Waals surface area contributed by atoms with Gasteiger partial charge in [0.1, 0.15) is 11.5 Å². The Morgan fingerprint density at radius 2 is 1.57 bits per heavy atom. The lowest BCUT2D eigenvalue weighted by molar-refractivity contribution is -0.143. The molecule has 0 aliphatic carbocycles. The molecule has 0 atom stereocenters. The minimum atomic E-state index is -5.09. The monoisotopic (exact) mass is 451 g/mol. The summed E-state index contributed by atoms with van der Waals surface area (Å²) in [4.78, 5) is 12.1. The van der Waals surface area contributed by atoms with E-state index in [-0.39, 0.29) is 32.7 Å². The number of rotatable bonds is 3. The molecule has 4 nitrogen and oxygen atoms in total. The van der Waals surface area contributed by atoms with Crippen molar-refractivity contribution in [1.82, 2.24) is 9.78 Å². The molecular formula is C18H9ClF7N3O. The van der Waals surface area contributed by atoms with Gasteiger partial charge in [-0.15, -0.1) is 0 Å². The molecule has 30 heavy (non-hydrogen) atoms. The second kappa shape index (κ2) is 7.63. The minimum Gasteiger partial charge on any atom is -0.322 e. The van der Waals surface area contributed by atoms with E-state index in [9.17, 15) is 35.5 Å². The minimum absolute atomic E-state index is 0.0647. The van der Waals surface area contributed by atoms with Gasteiger partial charge >= 0.3 is 12.4 Å². The molecule has 1 N–H and O–H groups in total. The molecule has 0 spiro atoms. The Bertz CT molecular complexity index is 1090. The Morgan fingerprint density at radius 1 is 0.933 bits per heavy atom. The topological polar surface area (TPSA) is 46.9 Å². The van der Waals surface area contributed by atoms with Gasteiger partial charge < -0.3 is 5.32 Å². The van der Waals surface area contributed by atoms with Crippen molar-refractivity contribution in [3.63, 3.8) is 0 Å². The summed E-state index contributed by atoms with van der Waals surface area (Å²) >= 11 is 5.60.